The highest BCUT2D eigenvalue weighted by atomic mass is 32.2. The van der Waals surface area contributed by atoms with Gasteiger partial charge < -0.3 is 15.0 Å². The molecule has 2 N–H and O–H groups in total. The Hall–Kier alpha value is -3.82. The van der Waals surface area contributed by atoms with E-state index in [1.165, 1.54) is 14.1 Å². The molecule has 276 valence electrons. The van der Waals surface area contributed by atoms with Crippen LogP contribution in [0.5, 0.6) is 6.01 Å². The van der Waals surface area contributed by atoms with Crippen LogP contribution in [0.25, 0.3) is 21.6 Å². The van der Waals surface area contributed by atoms with E-state index in [2.05, 4.69) is 29.3 Å². The molecule has 1 aliphatic carbocycles. The van der Waals surface area contributed by atoms with Crippen molar-refractivity contribution in [3.63, 3.8) is 0 Å². The van der Waals surface area contributed by atoms with E-state index in [0.717, 1.165) is 57.3 Å². The summed E-state index contributed by atoms with van der Waals surface area (Å²) in [5, 5.41) is 5.86. The Morgan fingerprint density at radius 2 is 1.98 bits per heavy atom. The molecule has 4 heterocycles. The first-order valence-corrected chi connectivity index (χ1v) is 20.2. The summed E-state index contributed by atoms with van der Waals surface area (Å²) < 4.78 is 36.9. The molecule has 6 rings (SSSR count). The lowest BCUT2D eigenvalue weighted by molar-refractivity contribution is -0.142. The van der Waals surface area contributed by atoms with E-state index in [1.807, 2.05) is 48.8 Å². The van der Waals surface area contributed by atoms with Crippen LogP contribution in [0, 0.1) is 11.8 Å². The number of amides is 3. The van der Waals surface area contributed by atoms with E-state index in [0.29, 0.717) is 24.9 Å². The number of hydrogen-bond acceptors (Lipinski definition) is 9. The van der Waals surface area contributed by atoms with Crippen LogP contribution in [0.3, 0.4) is 0 Å². The van der Waals surface area contributed by atoms with E-state index >= 15 is 0 Å². The minimum absolute atomic E-state index is 0.147. The van der Waals surface area contributed by atoms with Crippen molar-refractivity contribution in [2.24, 2.45) is 11.8 Å². The molecule has 3 amide bonds. The van der Waals surface area contributed by atoms with Gasteiger partial charge in [0.15, 0.2) is 0 Å². The number of nitrogens with one attached hydrogen (secondary N) is 2. The number of carbonyl (C=O) groups is 3. The molecular weight excluding hydrogens is 691 g/mol. The van der Waals surface area contributed by atoms with Crippen molar-refractivity contribution in [1.29, 1.82) is 0 Å². The predicted octanol–water partition coefficient (Wildman–Crippen LogP) is 4.61. The zero-order chi connectivity index (χ0) is 36.7. The molecule has 0 unspecified atom stereocenters. The molecule has 5 atom stereocenters. The molecule has 0 spiro atoms. The number of nitrogens with zero attached hydrogens (tertiary/aromatic N) is 5. The van der Waals surface area contributed by atoms with Crippen LogP contribution < -0.4 is 14.8 Å². The van der Waals surface area contributed by atoms with Crippen molar-refractivity contribution < 1.29 is 27.5 Å². The number of carbonyl (C=O) groups excluding carboxylic acids is 3. The summed E-state index contributed by atoms with van der Waals surface area (Å²) in [7, 11) is -1.45. The molecule has 13 nitrogen and oxygen atoms in total. The second-order valence-corrected chi connectivity index (χ2v) is 17.2. The van der Waals surface area contributed by atoms with Crippen LogP contribution in [-0.4, -0.2) is 88.2 Å². The quantitative estimate of drug-likeness (QED) is 0.318. The maximum atomic E-state index is 14.2. The molecule has 1 saturated carbocycles. The lowest BCUT2D eigenvalue weighted by atomic mass is 10.0. The number of allylic oxidation sites excluding steroid dienone is 1. The molecule has 1 aromatic carbocycles. The van der Waals surface area contributed by atoms with E-state index in [-0.39, 0.29) is 37.1 Å². The summed E-state index contributed by atoms with van der Waals surface area (Å²) in [5.41, 5.74) is 2.15. The second-order valence-electron chi connectivity index (χ2n) is 14.5. The van der Waals surface area contributed by atoms with Gasteiger partial charge in [0.05, 0.1) is 17.8 Å². The average Bonchev–Trinajstić information content (AvgIpc) is 3.44. The molecule has 0 bridgehead atoms. The van der Waals surface area contributed by atoms with Gasteiger partial charge in [-0.25, -0.2) is 9.71 Å². The second kappa shape index (κ2) is 14.7. The lowest BCUT2D eigenvalue weighted by Gasteiger charge is -2.28. The minimum Gasteiger partial charge on any atom is -0.459 e. The van der Waals surface area contributed by atoms with Gasteiger partial charge in [0.2, 0.25) is 11.8 Å². The normalized spacial score (nSPS) is 26.7. The number of fused-ring (bicyclic) bond motifs is 3. The van der Waals surface area contributed by atoms with Gasteiger partial charge in [-0.2, -0.15) is 17.7 Å². The first-order chi connectivity index (χ1) is 24.3. The van der Waals surface area contributed by atoms with Crippen molar-refractivity contribution in [1.82, 2.24) is 33.8 Å². The zero-order valence-electron chi connectivity index (χ0n) is 30.2. The Morgan fingerprint density at radius 3 is 2.69 bits per heavy atom. The summed E-state index contributed by atoms with van der Waals surface area (Å²) in [6, 6.07) is 5.47. The van der Waals surface area contributed by atoms with E-state index < -0.39 is 39.7 Å². The number of rotatable bonds is 8. The number of ether oxygens (including phenoxy) is 1. The van der Waals surface area contributed by atoms with Crippen molar-refractivity contribution in [3.05, 3.63) is 41.4 Å². The van der Waals surface area contributed by atoms with Crippen molar-refractivity contribution in [2.75, 3.05) is 20.6 Å². The van der Waals surface area contributed by atoms with Crippen LogP contribution in [-0.2, 0) is 31.1 Å². The first kappa shape index (κ1) is 37.0. The largest absolute Gasteiger partial charge is 0.459 e. The van der Waals surface area contributed by atoms with Gasteiger partial charge in [-0.1, -0.05) is 51.8 Å². The maximum absolute atomic E-state index is 14.2. The third-order valence-electron chi connectivity index (χ3n) is 10.3. The van der Waals surface area contributed by atoms with Gasteiger partial charge in [0.25, 0.3) is 11.9 Å². The Bertz CT molecular complexity index is 1940. The first-order valence-electron chi connectivity index (χ1n) is 17.9. The van der Waals surface area contributed by atoms with Gasteiger partial charge in [0.1, 0.15) is 28.2 Å². The Labute approximate surface area is 304 Å². The fourth-order valence-electron chi connectivity index (χ4n) is 7.03. The average molecular weight is 740 g/mol. The van der Waals surface area contributed by atoms with Crippen LogP contribution in [0.15, 0.2) is 35.7 Å². The number of hydrogen-bond donors (Lipinski definition) is 2. The van der Waals surface area contributed by atoms with Gasteiger partial charge in [-0.3, -0.25) is 19.0 Å². The minimum atomic E-state index is -4.10. The number of aryl methyl sites for hydroxylation is 1. The number of benzene rings is 1. The van der Waals surface area contributed by atoms with Crippen LogP contribution in [0.1, 0.15) is 84.3 Å². The van der Waals surface area contributed by atoms with E-state index in [9.17, 15) is 22.8 Å². The number of para-hydroxylation sites is 1. The summed E-state index contributed by atoms with van der Waals surface area (Å²) in [5.74, 6) is -1.85. The zero-order valence-corrected chi connectivity index (χ0v) is 31.8. The standard InChI is InChI=1S/C36H49N7O6S2/c1-7-42-28-17-13-16-26(32-37-27(21-50-32)22(2)3)30(28)38-35(42)49-25-18-29-31(44)39-36(34(46)40-51(47,48)41(5)6)19-24(36)15-12-10-8-9-11-14-23(4)33(45)43(29)20-25/h12-13,15-17,21-25,29H,7-11,14,18-20H2,1-6H3,(H,39,44)(H,40,46)/b15-12-/t23-,24-,25+,29-,36+/m0/s1. The summed E-state index contributed by atoms with van der Waals surface area (Å²) in [6.07, 6.45) is 8.01. The maximum Gasteiger partial charge on any atom is 0.303 e. The molecular formula is C36H49N7O6S2. The molecule has 2 fully saturated rings. The van der Waals surface area contributed by atoms with E-state index in [4.69, 9.17) is 14.7 Å². The van der Waals surface area contributed by atoms with Crippen molar-refractivity contribution in [2.45, 2.75) is 103 Å². The lowest BCUT2D eigenvalue weighted by Crippen LogP contribution is -2.57. The predicted molar refractivity (Wildman–Crippen MR) is 196 cm³/mol. The van der Waals surface area contributed by atoms with Crippen molar-refractivity contribution in [3.8, 4) is 16.6 Å². The van der Waals surface area contributed by atoms with Gasteiger partial charge in [-0.15, -0.1) is 11.3 Å². The summed E-state index contributed by atoms with van der Waals surface area (Å²) in [4.78, 5) is 53.1. The highest BCUT2D eigenvalue weighted by Crippen LogP contribution is 2.46. The van der Waals surface area contributed by atoms with Crippen LogP contribution >= 0.6 is 11.3 Å². The highest BCUT2D eigenvalue weighted by molar-refractivity contribution is 7.87. The molecule has 1 saturated heterocycles. The van der Waals surface area contributed by atoms with E-state index in [1.54, 1.807) is 16.2 Å². The Kier molecular flexibility index (Phi) is 10.6. The van der Waals surface area contributed by atoms with Gasteiger partial charge in [0, 0.05) is 49.8 Å². The summed E-state index contributed by atoms with van der Waals surface area (Å²) >= 11 is 1.58. The monoisotopic (exact) mass is 739 g/mol. The highest BCUT2D eigenvalue weighted by Gasteiger charge is 2.61. The molecule has 15 heteroatoms. The summed E-state index contributed by atoms with van der Waals surface area (Å²) in [6.45, 7) is 8.89. The third-order valence-corrected chi connectivity index (χ3v) is 12.6. The van der Waals surface area contributed by atoms with Crippen molar-refractivity contribution >= 4 is 50.3 Å². The number of aromatic nitrogens is 3. The smallest absolute Gasteiger partial charge is 0.303 e. The number of imidazole rings is 1. The number of thiazole rings is 1. The Balaban J connectivity index is 1.30. The molecule has 3 aromatic rings. The van der Waals surface area contributed by atoms with Gasteiger partial charge in [-0.05, 0) is 50.7 Å². The fourth-order valence-corrected chi connectivity index (χ4v) is 8.64. The van der Waals surface area contributed by atoms with Crippen LogP contribution in [0.4, 0.5) is 0 Å². The van der Waals surface area contributed by atoms with Crippen LogP contribution in [0.2, 0.25) is 0 Å². The SMILES string of the molecule is CCn1c(O[C@@H]2C[C@H]3C(=O)N[C@]4(C(=O)NS(=O)(=O)N(C)C)C[C@@H]4/C=C\CCCCC[C@H](C)C(=O)N3C2)nc2c(-c3nc(C(C)C)cs3)cccc21. The Morgan fingerprint density at radius 1 is 1.20 bits per heavy atom. The van der Waals surface area contributed by atoms with Gasteiger partial charge >= 0.3 is 10.2 Å². The molecule has 2 aromatic heterocycles. The topological polar surface area (TPSA) is 156 Å². The molecule has 51 heavy (non-hydrogen) atoms. The molecule has 3 aliphatic rings. The fraction of sp³-hybridized carbons (Fsp3) is 0.583. The third kappa shape index (κ3) is 7.43. The molecule has 0 radical (unpaired) electrons. The molecule has 2 aliphatic heterocycles.